The van der Waals surface area contributed by atoms with Gasteiger partial charge in [0.15, 0.2) is 11.6 Å². The van der Waals surface area contributed by atoms with E-state index in [0.717, 1.165) is 12.4 Å². The molecule has 0 spiro atoms. The average Bonchev–Trinajstić information content (AvgIpc) is 2.66. The Morgan fingerprint density at radius 3 is 3.29 bits per heavy atom. The SMILES string of the molecule is O=C1CC=NC2=C1C=NC1=CCNN12. The summed E-state index contributed by atoms with van der Waals surface area (Å²) < 4.78 is 0. The minimum absolute atomic E-state index is 0.0755. The Kier molecular flexibility index (Phi) is 1.43. The molecule has 0 fully saturated rings. The largest absolute Gasteiger partial charge is 0.294 e. The summed E-state index contributed by atoms with van der Waals surface area (Å²) in [6.45, 7) is 0.729. The van der Waals surface area contributed by atoms with Crippen molar-refractivity contribution < 1.29 is 4.79 Å². The Bertz CT molecular complexity index is 430. The Balaban J connectivity index is 2.13. The lowest BCUT2D eigenvalue weighted by Gasteiger charge is -2.26. The summed E-state index contributed by atoms with van der Waals surface area (Å²) in [4.78, 5) is 19.9. The van der Waals surface area contributed by atoms with Crippen LogP contribution in [-0.2, 0) is 4.79 Å². The number of hydrazine groups is 1. The predicted molar refractivity (Wildman–Crippen MR) is 51.6 cm³/mol. The highest BCUT2D eigenvalue weighted by Crippen LogP contribution is 2.25. The van der Waals surface area contributed by atoms with Gasteiger partial charge in [-0.25, -0.2) is 20.4 Å². The summed E-state index contributed by atoms with van der Waals surface area (Å²) in [6.07, 6.45) is 5.56. The van der Waals surface area contributed by atoms with Crippen molar-refractivity contribution >= 4 is 18.2 Å². The topological polar surface area (TPSA) is 57.1 Å². The van der Waals surface area contributed by atoms with Crippen LogP contribution in [0.5, 0.6) is 0 Å². The predicted octanol–water partition coefficient (Wildman–Crippen LogP) is -0.0124. The summed E-state index contributed by atoms with van der Waals surface area (Å²) in [5.41, 5.74) is 3.68. The maximum Gasteiger partial charge on any atom is 0.173 e. The molecule has 0 saturated carbocycles. The molecule has 0 unspecified atom stereocenters. The molecule has 0 bridgehead atoms. The van der Waals surface area contributed by atoms with Gasteiger partial charge in [-0.3, -0.25) is 4.79 Å². The van der Waals surface area contributed by atoms with Crippen molar-refractivity contribution in [1.82, 2.24) is 10.4 Å². The number of Topliss-reactive ketones (excluding diaryl/α,β-unsaturated/α-hetero) is 1. The molecule has 0 aromatic heterocycles. The lowest BCUT2D eigenvalue weighted by atomic mass is 10.1. The summed E-state index contributed by atoms with van der Waals surface area (Å²) in [5, 5.41) is 1.75. The Morgan fingerprint density at radius 2 is 2.36 bits per heavy atom. The second-order valence-corrected chi connectivity index (χ2v) is 3.19. The van der Waals surface area contributed by atoms with Gasteiger partial charge in [-0.05, 0) is 6.08 Å². The van der Waals surface area contributed by atoms with Gasteiger partial charge in [0, 0.05) is 25.4 Å². The van der Waals surface area contributed by atoms with Crippen LogP contribution in [0.25, 0.3) is 0 Å². The third-order valence-corrected chi connectivity index (χ3v) is 2.33. The molecule has 0 aromatic rings. The van der Waals surface area contributed by atoms with Gasteiger partial charge in [-0.15, -0.1) is 0 Å². The fourth-order valence-corrected chi connectivity index (χ4v) is 1.65. The van der Waals surface area contributed by atoms with E-state index in [-0.39, 0.29) is 5.78 Å². The molecule has 14 heavy (non-hydrogen) atoms. The summed E-state index contributed by atoms with van der Waals surface area (Å²) in [7, 11) is 0. The van der Waals surface area contributed by atoms with Gasteiger partial charge in [0.1, 0.15) is 5.82 Å². The van der Waals surface area contributed by atoms with Crippen molar-refractivity contribution in [3.63, 3.8) is 0 Å². The number of nitrogens with one attached hydrogen (secondary N) is 1. The maximum absolute atomic E-state index is 11.5. The smallest absolute Gasteiger partial charge is 0.173 e. The highest BCUT2D eigenvalue weighted by Gasteiger charge is 2.28. The number of nitrogens with zero attached hydrogens (tertiary/aromatic N) is 3. The van der Waals surface area contributed by atoms with Crippen molar-refractivity contribution in [3.8, 4) is 0 Å². The first-order valence-corrected chi connectivity index (χ1v) is 4.44. The number of aliphatic imine (C=N–C) groups is 2. The fourth-order valence-electron chi connectivity index (χ4n) is 1.65. The molecule has 70 valence electrons. The van der Waals surface area contributed by atoms with Gasteiger partial charge in [0.25, 0.3) is 0 Å². The molecule has 3 heterocycles. The second kappa shape index (κ2) is 2.62. The van der Waals surface area contributed by atoms with Gasteiger partial charge in [0.2, 0.25) is 0 Å². The molecule has 3 rings (SSSR count). The van der Waals surface area contributed by atoms with Crippen LogP contribution in [-0.4, -0.2) is 29.8 Å². The van der Waals surface area contributed by atoms with Crippen molar-refractivity contribution in [2.24, 2.45) is 9.98 Å². The number of carbonyl (C=O) groups is 1. The molecular weight excluding hydrogens is 180 g/mol. The zero-order valence-corrected chi connectivity index (χ0v) is 7.40. The van der Waals surface area contributed by atoms with Crippen LogP contribution in [0, 0.1) is 0 Å². The van der Waals surface area contributed by atoms with Gasteiger partial charge in [-0.2, -0.15) is 0 Å². The monoisotopic (exact) mass is 188 g/mol. The second-order valence-electron chi connectivity index (χ2n) is 3.19. The molecule has 5 nitrogen and oxygen atoms in total. The zero-order valence-electron chi connectivity index (χ0n) is 7.40. The minimum atomic E-state index is 0.0755. The normalized spacial score (nSPS) is 23.9. The number of rotatable bonds is 0. The van der Waals surface area contributed by atoms with Crippen LogP contribution in [0.15, 0.2) is 33.3 Å². The average molecular weight is 188 g/mol. The Morgan fingerprint density at radius 1 is 1.43 bits per heavy atom. The lowest BCUT2D eigenvalue weighted by molar-refractivity contribution is -0.114. The molecule has 0 aliphatic carbocycles. The summed E-state index contributed by atoms with van der Waals surface area (Å²) >= 11 is 0. The number of hydrogen-bond donors (Lipinski definition) is 1. The maximum atomic E-state index is 11.5. The van der Waals surface area contributed by atoms with E-state index in [1.807, 2.05) is 6.08 Å². The van der Waals surface area contributed by atoms with Crippen molar-refractivity contribution in [3.05, 3.63) is 23.3 Å². The standard InChI is InChI=1S/C9H8N4O/c14-7-1-3-10-9-6(7)5-11-8-2-4-12-13(8)9/h2-3,5,12H,1,4H2. The summed E-state index contributed by atoms with van der Waals surface area (Å²) in [6, 6.07) is 0. The van der Waals surface area contributed by atoms with E-state index >= 15 is 0 Å². The molecule has 5 heteroatoms. The van der Waals surface area contributed by atoms with Gasteiger partial charge < -0.3 is 0 Å². The lowest BCUT2D eigenvalue weighted by Crippen LogP contribution is -2.35. The Labute approximate surface area is 80.5 Å². The molecule has 3 aliphatic heterocycles. The van der Waals surface area contributed by atoms with E-state index < -0.39 is 0 Å². The first-order chi connectivity index (χ1) is 6.86. The first-order valence-electron chi connectivity index (χ1n) is 4.44. The Hall–Kier alpha value is -1.75. The molecule has 3 aliphatic rings. The van der Waals surface area contributed by atoms with E-state index in [9.17, 15) is 4.79 Å². The molecule has 0 aromatic carbocycles. The van der Waals surface area contributed by atoms with E-state index in [1.165, 1.54) is 0 Å². The molecule has 1 N–H and O–H groups in total. The number of fused-ring (bicyclic) bond motifs is 2. The number of hydrogen-bond acceptors (Lipinski definition) is 5. The quantitative estimate of drug-likeness (QED) is 0.581. The van der Waals surface area contributed by atoms with E-state index in [0.29, 0.717) is 17.8 Å². The molecule has 0 saturated heterocycles. The molecule has 0 atom stereocenters. The number of carbonyl (C=O) groups excluding carboxylic acids is 1. The molecule has 0 radical (unpaired) electrons. The van der Waals surface area contributed by atoms with Gasteiger partial charge >= 0.3 is 0 Å². The van der Waals surface area contributed by atoms with Crippen molar-refractivity contribution in [2.75, 3.05) is 6.54 Å². The van der Waals surface area contributed by atoms with Crippen LogP contribution < -0.4 is 5.43 Å². The zero-order chi connectivity index (χ0) is 9.54. The highest BCUT2D eigenvalue weighted by molar-refractivity contribution is 6.19. The van der Waals surface area contributed by atoms with Crippen LogP contribution in [0.3, 0.4) is 0 Å². The van der Waals surface area contributed by atoms with Crippen LogP contribution in [0.2, 0.25) is 0 Å². The number of allylic oxidation sites excluding steroid dienone is 1. The van der Waals surface area contributed by atoms with Gasteiger partial charge in [0.05, 0.1) is 5.57 Å². The van der Waals surface area contributed by atoms with Crippen LogP contribution in [0.4, 0.5) is 0 Å². The summed E-state index contributed by atoms with van der Waals surface area (Å²) in [5.74, 6) is 1.56. The van der Waals surface area contributed by atoms with Gasteiger partial charge in [-0.1, -0.05) is 0 Å². The van der Waals surface area contributed by atoms with Crippen molar-refractivity contribution in [1.29, 1.82) is 0 Å². The van der Waals surface area contributed by atoms with E-state index in [1.54, 1.807) is 17.4 Å². The highest BCUT2D eigenvalue weighted by atomic mass is 16.1. The van der Waals surface area contributed by atoms with Crippen LogP contribution in [0.1, 0.15) is 6.42 Å². The fraction of sp³-hybridized carbons (Fsp3) is 0.222. The van der Waals surface area contributed by atoms with Crippen molar-refractivity contribution in [2.45, 2.75) is 6.42 Å². The third kappa shape index (κ3) is 0.898. The van der Waals surface area contributed by atoms with E-state index in [4.69, 9.17) is 0 Å². The van der Waals surface area contributed by atoms with E-state index in [2.05, 4.69) is 15.4 Å². The molecular formula is C9H8N4O. The minimum Gasteiger partial charge on any atom is -0.294 e. The number of ketones is 1. The first kappa shape index (κ1) is 7.64. The third-order valence-electron chi connectivity index (χ3n) is 2.33. The van der Waals surface area contributed by atoms with Crippen LogP contribution >= 0.6 is 0 Å². The molecule has 0 amide bonds.